The minimum atomic E-state index is -3.85. The Balaban J connectivity index is 1.42. The molecule has 2 aromatic carbocycles. The van der Waals surface area contributed by atoms with E-state index in [1.165, 1.54) is 22.5 Å². The number of nitrogens with one attached hydrogen (secondary N) is 1. The fourth-order valence-corrected chi connectivity index (χ4v) is 5.83. The van der Waals surface area contributed by atoms with Gasteiger partial charge in [0.15, 0.2) is 11.5 Å². The predicted molar refractivity (Wildman–Crippen MR) is 112 cm³/mol. The fourth-order valence-electron chi connectivity index (χ4n) is 3.57. The van der Waals surface area contributed by atoms with Crippen LogP contribution in [0.3, 0.4) is 0 Å². The minimum absolute atomic E-state index is 0.0434. The smallest absolute Gasteiger partial charge is 0.244 e. The summed E-state index contributed by atoms with van der Waals surface area (Å²) in [6, 6.07) is 9.80. The largest absolute Gasteiger partial charge is 0.454 e. The molecule has 2 heterocycles. The van der Waals surface area contributed by atoms with Gasteiger partial charge in [0.25, 0.3) is 0 Å². The lowest BCUT2D eigenvalue weighted by molar-refractivity contribution is -0.126. The van der Waals surface area contributed by atoms with Gasteiger partial charge >= 0.3 is 0 Å². The number of fused-ring (bicyclic) bond motifs is 1. The summed E-state index contributed by atoms with van der Waals surface area (Å²) in [6.07, 6.45) is 1.20. The number of halogens is 2. The van der Waals surface area contributed by atoms with Gasteiger partial charge in [-0.3, -0.25) is 4.79 Å². The monoisotopic (exact) mass is 470 g/mol. The molecule has 2 aliphatic heterocycles. The van der Waals surface area contributed by atoms with Crippen LogP contribution in [-0.4, -0.2) is 38.5 Å². The quantitative estimate of drug-likeness (QED) is 0.723. The Kier molecular flexibility index (Phi) is 6.11. The van der Waals surface area contributed by atoms with Crippen molar-refractivity contribution in [2.45, 2.75) is 24.3 Å². The van der Waals surface area contributed by atoms with E-state index in [1.807, 2.05) is 12.1 Å². The lowest BCUT2D eigenvalue weighted by atomic mass is 9.98. The first-order valence-electron chi connectivity index (χ1n) is 9.46. The normalized spacial score (nSPS) is 18.9. The van der Waals surface area contributed by atoms with Crippen LogP contribution in [0.1, 0.15) is 18.4 Å². The number of nitrogens with zero attached hydrogens (tertiary/aromatic N) is 1. The molecule has 0 spiro atoms. The highest BCUT2D eigenvalue weighted by atomic mass is 35.5. The van der Waals surface area contributed by atoms with E-state index in [0.717, 1.165) is 5.56 Å². The topological polar surface area (TPSA) is 84.9 Å². The Morgan fingerprint density at radius 1 is 1.13 bits per heavy atom. The van der Waals surface area contributed by atoms with E-state index in [4.69, 9.17) is 32.7 Å². The van der Waals surface area contributed by atoms with Crippen molar-refractivity contribution in [3.63, 3.8) is 0 Å². The van der Waals surface area contributed by atoms with Crippen LogP contribution in [0.25, 0.3) is 0 Å². The molecule has 2 aliphatic rings. The Hall–Kier alpha value is -2.00. The molecule has 0 radical (unpaired) electrons. The molecule has 1 amide bonds. The zero-order chi connectivity index (χ0) is 21.3. The molecular formula is C20H20Cl2N2O5S. The summed E-state index contributed by atoms with van der Waals surface area (Å²) in [7, 11) is -3.85. The van der Waals surface area contributed by atoms with E-state index in [0.29, 0.717) is 37.4 Å². The second-order valence-corrected chi connectivity index (χ2v) is 9.93. The van der Waals surface area contributed by atoms with Crippen molar-refractivity contribution in [3.05, 3.63) is 52.0 Å². The van der Waals surface area contributed by atoms with Gasteiger partial charge in [-0.25, -0.2) is 8.42 Å². The maximum atomic E-state index is 13.0. The van der Waals surface area contributed by atoms with Crippen LogP contribution in [-0.2, 0) is 21.4 Å². The Morgan fingerprint density at radius 3 is 2.77 bits per heavy atom. The molecule has 30 heavy (non-hydrogen) atoms. The van der Waals surface area contributed by atoms with Crippen LogP contribution in [0, 0.1) is 5.92 Å². The molecule has 0 saturated carbocycles. The molecule has 160 valence electrons. The number of benzene rings is 2. The number of hydrogen-bond acceptors (Lipinski definition) is 5. The summed E-state index contributed by atoms with van der Waals surface area (Å²) >= 11 is 12.0. The van der Waals surface area contributed by atoms with E-state index >= 15 is 0 Å². The molecule has 0 bridgehead atoms. The number of hydrogen-bond donors (Lipinski definition) is 1. The summed E-state index contributed by atoms with van der Waals surface area (Å²) < 4.78 is 38.0. The first-order valence-corrected chi connectivity index (χ1v) is 11.7. The summed E-state index contributed by atoms with van der Waals surface area (Å²) in [6.45, 7) is 0.933. The molecule has 1 saturated heterocycles. The van der Waals surface area contributed by atoms with Gasteiger partial charge in [0.05, 0.1) is 10.9 Å². The van der Waals surface area contributed by atoms with Crippen LogP contribution < -0.4 is 14.8 Å². The Bertz CT molecular complexity index is 1080. The minimum Gasteiger partial charge on any atom is -0.454 e. The third-order valence-electron chi connectivity index (χ3n) is 5.17. The van der Waals surface area contributed by atoms with E-state index in [-0.39, 0.29) is 34.2 Å². The van der Waals surface area contributed by atoms with Crippen molar-refractivity contribution in [1.82, 2.24) is 9.62 Å². The van der Waals surface area contributed by atoms with Gasteiger partial charge in [0.1, 0.15) is 4.90 Å². The standard InChI is InChI=1S/C20H20Cl2N2O5S/c21-15-4-5-16(22)19(9-15)30(26,27)24-7-1-2-14(11-24)20(25)23-10-13-3-6-17-18(8-13)29-12-28-17/h3-6,8-9,14H,1-2,7,10-12H2,(H,23,25)/t14-/m0/s1. The van der Waals surface area contributed by atoms with Gasteiger partial charge in [0.2, 0.25) is 22.7 Å². The highest BCUT2D eigenvalue weighted by Crippen LogP contribution is 2.33. The SMILES string of the molecule is O=C(NCc1ccc2c(c1)OCO2)[C@H]1CCCN(S(=O)(=O)c2cc(Cl)ccc2Cl)C1. The molecule has 2 aromatic rings. The van der Waals surface area contributed by atoms with Crippen molar-refractivity contribution in [2.24, 2.45) is 5.92 Å². The molecule has 4 rings (SSSR count). The van der Waals surface area contributed by atoms with Gasteiger partial charge in [-0.2, -0.15) is 4.31 Å². The summed E-state index contributed by atoms with van der Waals surface area (Å²) in [5.74, 6) is 0.693. The van der Waals surface area contributed by atoms with Crippen LogP contribution >= 0.6 is 23.2 Å². The molecular weight excluding hydrogens is 451 g/mol. The van der Waals surface area contributed by atoms with E-state index in [2.05, 4.69) is 5.32 Å². The Morgan fingerprint density at radius 2 is 1.93 bits per heavy atom. The number of sulfonamides is 1. The number of carbonyl (C=O) groups excluding carboxylic acids is 1. The van der Waals surface area contributed by atoms with Crippen LogP contribution in [0.15, 0.2) is 41.3 Å². The third kappa shape index (κ3) is 4.37. The number of piperidine rings is 1. The molecule has 1 N–H and O–H groups in total. The number of amides is 1. The third-order valence-corrected chi connectivity index (χ3v) is 7.75. The molecule has 7 nitrogen and oxygen atoms in total. The zero-order valence-electron chi connectivity index (χ0n) is 15.9. The van der Waals surface area contributed by atoms with Crippen LogP contribution in [0.2, 0.25) is 10.0 Å². The zero-order valence-corrected chi connectivity index (χ0v) is 18.3. The summed E-state index contributed by atoms with van der Waals surface area (Å²) in [4.78, 5) is 12.7. The van der Waals surface area contributed by atoms with Gasteiger partial charge in [-0.15, -0.1) is 0 Å². The summed E-state index contributed by atoms with van der Waals surface area (Å²) in [5.41, 5.74) is 0.874. The van der Waals surface area contributed by atoms with Crippen LogP contribution in [0.5, 0.6) is 11.5 Å². The molecule has 1 atom stereocenters. The average molecular weight is 471 g/mol. The predicted octanol–water partition coefficient (Wildman–Crippen LogP) is 3.44. The molecule has 0 aliphatic carbocycles. The van der Waals surface area contributed by atoms with Crippen molar-refractivity contribution in [1.29, 1.82) is 0 Å². The Labute approximate surface area is 184 Å². The van der Waals surface area contributed by atoms with Crippen molar-refractivity contribution >= 4 is 39.1 Å². The lowest BCUT2D eigenvalue weighted by Crippen LogP contribution is -2.45. The molecule has 1 fully saturated rings. The first kappa shape index (κ1) is 21.2. The second-order valence-electron chi connectivity index (χ2n) is 7.18. The highest BCUT2D eigenvalue weighted by Gasteiger charge is 2.34. The maximum Gasteiger partial charge on any atom is 0.244 e. The number of ether oxygens (including phenoxy) is 2. The lowest BCUT2D eigenvalue weighted by Gasteiger charge is -2.31. The van der Waals surface area contributed by atoms with Gasteiger partial charge in [-0.1, -0.05) is 29.3 Å². The average Bonchev–Trinajstić information content (AvgIpc) is 3.21. The van der Waals surface area contributed by atoms with E-state index in [9.17, 15) is 13.2 Å². The number of carbonyl (C=O) groups is 1. The first-order chi connectivity index (χ1) is 14.3. The summed E-state index contributed by atoms with van der Waals surface area (Å²) in [5, 5.41) is 3.28. The van der Waals surface area contributed by atoms with Gasteiger partial charge in [0, 0.05) is 24.7 Å². The van der Waals surface area contributed by atoms with Crippen molar-refractivity contribution in [3.8, 4) is 11.5 Å². The van der Waals surface area contributed by atoms with Crippen molar-refractivity contribution < 1.29 is 22.7 Å². The van der Waals surface area contributed by atoms with Crippen molar-refractivity contribution in [2.75, 3.05) is 19.9 Å². The number of rotatable bonds is 5. The molecule has 0 unspecified atom stereocenters. The highest BCUT2D eigenvalue weighted by molar-refractivity contribution is 7.89. The van der Waals surface area contributed by atoms with E-state index < -0.39 is 15.9 Å². The second kappa shape index (κ2) is 8.63. The van der Waals surface area contributed by atoms with E-state index in [1.54, 1.807) is 6.07 Å². The molecule has 10 heteroatoms. The molecule has 0 aromatic heterocycles. The van der Waals surface area contributed by atoms with Crippen LogP contribution in [0.4, 0.5) is 0 Å². The van der Waals surface area contributed by atoms with Gasteiger partial charge < -0.3 is 14.8 Å². The fraction of sp³-hybridized carbons (Fsp3) is 0.350. The van der Waals surface area contributed by atoms with Gasteiger partial charge in [-0.05, 0) is 48.7 Å². The maximum absolute atomic E-state index is 13.0.